The Morgan fingerprint density at radius 1 is 0.487 bits per heavy atom. The first kappa shape index (κ1) is 47.6. The summed E-state index contributed by atoms with van der Waals surface area (Å²) in [4.78, 5) is 5.13. The van der Waals surface area contributed by atoms with Gasteiger partial charge in [-0.15, -0.1) is 11.3 Å². The second-order valence-corrected chi connectivity index (χ2v) is 24.9. The molecule has 4 nitrogen and oxygen atoms in total. The van der Waals surface area contributed by atoms with Crippen LogP contribution in [0.4, 0.5) is 34.1 Å². The fourth-order valence-corrected chi connectivity index (χ4v) is 13.2. The zero-order valence-electron chi connectivity index (χ0n) is 45.0. The summed E-state index contributed by atoms with van der Waals surface area (Å²) in [5.74, 6) is 1.34. The molecule has 0 saturated carbocycles. The summed E-state index contributed by atoms with van der Waals surface area (Å²) >= 11 is 1.91. The van der Waals surface area contributed by atoms with Gasteiger partial charge in [-0.25, -0.2) is 0 Å². The highest BCUT2D eigenvalue weighted by atomic mass is 32.1. The van der Waals surface area contributed by atoms with Gasteiger partial charge >= 0.3 is 0 Å². The minimum absolute atomic E-state index is 0.0136. The van der Waals surface area contributed by atoms with E-state index in [2.05, 4.69) is 265 Å². The molecule has 0 unspecified atom stereocenters. The normalized spacial score (nSPS) is 13.3. The summed E-state index contributed by atoms with van der Waals surface area (Å²) in [7, 11) is 0. The molecule has 0 atom stereocenters. The first-order valence-corrected chi connectivity index (χ1v) is 27.5. The molecule has 2 aliphatic heterocycles. The van der Waals surface area contributed by atoms with Gasteiger partial charge in [-0.05, 0) is 116 Å². The molecule has 76 heavy (non-hydrogen) atoms. The van der Waals surface area contributed by atoms with Crippen molar-refractivity contribution in [3.63, 3.8) is 0 Å². The summed E-state index contributed by atoms with van der Waals surface area (Å²) in [5.41, 5.74) is 19.6. The molecule has 11 aromatic rings. The number of rotatable bonds is 7. The van der Waals surface area contributed by atoms with Crippen LogP contribution in [0.3, 0.4) is 0 Å². The van der Waals surface area contributed by atoms with Gasteiger partial charge in [0.2, 0.25) is 0 Å². The van der Waals surface area contributed by atoms with E-state index in [9.17, 15) is 0 Å². The zero-order valence-corrected chi connectivity index (χ0v) is 45.8. The van der Waals surface area contributed by atoms with Gasteiger partial charge in [0, 0.05) is 70.7 Å². The van der Waals surface area contributed by atoms with Crippen molar-refractivity contribution in [2.45, 2.75) is 78.6 Å². The van der Waals surface area contributed by atoms with Crippen molar-refractivity contribution in [1.82, 2.24) is 4.57 Å². The molecular formula is C70H62BN3OS. The van der Waals surface area contributed by atoms with Gasteiger partial charge in [0.05, 0.1) is 16.9 Å². The lowest BCUT2D eigenvalue weighted by Gasteiger charge is -2.44. The van der Waals surface area contributed by atoms with Crippen LogP contribution < -0.4 is 31.1 Å². The Morgan fingerprint density at radius 3 is 1.59 bits per heavy atom. The van der Waals surface area contributed by atoms with E-state index in [0.717, 1.165) is 50.9 Å². The predicted molar refractivity (Wildman–Crippen MR) is 328 cm³/mol. The highest BCUT2D eigenvalue weighted by Gasteiger charge is 2.48. The van der Waals surface area contributed by atoms with Crippen LogP contribution in [0.25, 0.3) is 53.6 Å². The summed E-state index contributed by atoms with van der Waals surface area (Å²) in [6.45, 7) is 25.0. The number of nitrogens with zero attached hydrogens (tertiary/aromatic N) is 3. The number of fused-ring (bicyclic) bond motifs is 10. The topological polar surface area (TPSA) is 20.6 Å². The fraction of sp³-hybridized carbons (Fsp3) is 0.171. The quantitative estimate of drug-likeness (QED) is 0.117. The standard InChI is InChI=1S/C70H62BN3OS/c1-44(45-20-13-11-14-21-45)75-59-43-41-55-64(61(59)46-22-15-12-16-23-46)72(50-34-28-47(29-35-50)68(2,3)4)57-25-19-26-58-63(57)71(55)67-65(73(58)51-36-30-48(31-37-51)69(5,6)7)62-56(74(67)52-38-32-49(33-39-52)70(8,9)10)42-40-54-53-24-17-18-27-60(53)76-66(54)62/h11-43H,1H2,2-10H3. The second kappa shape index (κ2) is 17.5. The molecule has 0 radical (unpaired) electrons. The Bertz CT molecular complexity index is 4080. The lowest BCUT2D eigenvalue weighted by atomic mass is 9.34. The maximum absolute atomic E-state index is 7.10. The molecule has 0 aliphatic carbocycles. The Labute approximate surface area is 452 Å². The van der Waals surface area contributed by atoms with E-state index >= 15 is 0 Å². The summed E-state index contributed by atoms with van der Waals surface area (Å²) in [6, 6.07) is 74.3. The molecule has 0 N–H and O–H groups in total. The highest BCUT2D eigenvalue weighted by molar-refractivity contribution is 7.26. The van der Waals surface area contributed by atoms with E-state index in [4.69, 9.17) is 4.74 Å². The van der Waals surface area contributed by atoms with Gasteiger partial charge in [-0.2, -0.15) is 0 Å². The Kier molecular flexibility index (Phi) is 11.0. The molecule has 0 amide bonds. The molecule has 2 aromatic heterocycles. The lowest BCUT2D eigenvalue weighted by Crippen LogP contribution is -2.63. The van der Waals surface area contributed by atoms with Crippen LogP contribution in [0, 0.1) is 0 Å². The number of anilines is 6. The van der Waals surface area contributed by atoms with Gasteiger partial charge in [0.1, 0.15) is 11.5 Å². The van der Waals surface area contributed by atoms with Crippen LogP contribution in [0.15, 0.2) is 207 Å². The largest absolute Gasteiger partial charge is 0.457 e. The third-order valence-corrected chi connectivity index (χ3v) is 17.1. The van der Waals surface area contributed by atoms with Crippen molar-refractivity contribution < 1.29 is 4.74 Å². The van der Waals surface area contributed by atoms with Crippen LogP contribution >= 0.6 is 11.3 Å². The summed E-state index contributed by atoms with van der Waals surface area (Å²) in [5, 5.41) is 3.82. The Balaban J connectivity index is 1.20. The van der Waals surface area contributed by atoms with Crippen LogP contribution in [-0.2, 0) is 16.2 Å². The lowest BCUT2D eigenvalue weighted by molar-refractivity contribution is 0.519. The summed E-state index contributed by atoms with van der Waals surface area (Å²) in [6.07, 6.45) is 0. The van der Waals surface area contributed by atoms with Crippen LogP contribution in [0.5, 0.6) is 5.75 Å². The molecule has 2 aliphatic rings. The molecule has 6 heteroatoms. The minimum Gasteiger partial charge on any atom is -0.457 e. The number of thiophene rings is 1. The second-order valence-electron chi connectivity index (χ2n) is 23.8. The number of benzene rings is 9. The van der Waals surface area contributed by atoms with Crippen LogP contribution in [0.1, 0.15) is 84.6 Å². The molecule has 0 spiro atoms. The smallest absolute Gasteiger partial charge is 0.273 e. The van der Waals surface area contributed by atoms with Crippen molar-refractivity contribution >= 4 is 106 Å². The number of aromatic nitrogens is 1. The maximum atomic E-state index is 7.10. The number of hydrogen-bond acceptors (Lipinski definition) is 4. The first-order valence-electron chi connectivity index (χ1n) is 26.7. The average Bonchev–Trinajstić information content (AvgIpc) is 4.03. The SMILES string of the molecule is C=C(Oc1ccc2c(c1-c1ccccc1)N(c1ccc(C(C)(C)C)cc1)c1cccc3c1B2c1c(c2c4sc5ccccc5c4ccc2n1-c1ccc(C(C)(C)C)cc1)N3c1ccc(C(C)(C)C)cc1)c1ccccc1. The minimum atomic E-state index is -0.223. The molecule has 0 fully saturated rings. The molecule has 13 rings (SSSR count). The van der Waals surface area contributed by atoms with Crippen molar-refractivity contribution in [3.8, 4) is 22.6 Å². The predicted octanol–water partition coefficient (Wildman–Crippen LogP) is 17.7. The molecular weight excluding hydrogens is 942 g/mol. The number of hydrogen-bond donors (Lipinski definition) is 0. The van der Waals surface area contributed by atoms with Crippen molar-refractivity contribution in [2.75, 3.05) is 9.80 Å². The van der Waals surface area contributed by atoms with E-state index in [1.54, 1.807) is 0 Å². The van der Waals surface area contributed by atoms with E-state index in [-0.39, 0.29) is 23.0 Å². The van der Waals surface area contributed by atoms with Crippen molar-refractivity contribution in [2.24, 2.45) is 0 Å². The van der Waals surface area contributed by atoms with Crippen LogP contribution in [-0.4, -0.2) is 11.3 Å². The molecule has 0 saturated heterocycles. The first-order chi connectivity index (χ1) is 36.5. The average molecular weight is 1000 g/mol. The zero-order chi connectivity index (χ0) is 52.4. The van der Waals surface area contributed by atoms with Crippen molar-refractivity contribution in [1.29, 1.82) is 0 Å². The van der Waals surface area contributed by atoms with E-state index in [1.807, 2.05) is 29.5 Å². The van der Waals surface area contributed by atoms with E-state index in [0.29, 0.717) is 5.76 Å². The van der Waals surface area contributed by atoms with Gasteiger partial charge < -0.3 is 19.1 Å². The Hall–Kier alpha value is -8.06. The maximum Gasteiger partial charge on any atom is 0.273 e. The fourth-order valence-electron chi connectivity index (χ4n) is 12.0. The highest BCUT2D eigenvalue weighted by Crippen LogP contribution is 2.53. The van der Waals surface area contributed by atoms with Gasteiger partial charge in [0.25, 0.3) is 6.71 Å². The van der Waals surface area contributed by atoms with E-state index in [1.165, 1.54) is 75.7 Å². The third-order valence-electron chi connectivity index (χ3n) is 15.9. The van der Waals surface area contributed by atoms with Gasteiger partial charge in [-0.3, -0.25) is 0 Å². The molecule has 9 aromatic carbocycles. The van der Waals surface area contributed by atoms with Crippen molar-refractivity contribution in [3.05, 3.63) is 229 Å². The third kappa shape index (κ3) is 7.63. The Morgan fingerprint density at radius 2 is 1.01 bits per heavy atom. The number of ether oxygens (including phenoxy) is 1. The molecule has 4 heterocycles. The van der Waals surface area contributed by atoms with Gasteiger partial charge in [-0.1, -0.05) is 202 Å². The molecule has 372 valence electrons. The van der Waals surface area contributed by atoms with Gasteiger partial charge in [0.15, 0.2) is 0 Å². The summed E-state index contributed by atoms with van der Waals surface area (Å²) < 4.78 is 12.3. The molecule has 0 bridgehead atoms. The monoisotopic (exact) mass is 1000 g/mol. The van der Waals surface area contributed by atoms with E-state index < -0.39 is 0 Å². The van der Waals surface area contributed by atoms with Crippen LogP contribution in [0.2, 0.25) is 0 Å².